The van der Waals surface area contributed by atoms with Gasteiger partial charge in [0.1, 0.15) is 6.17 Å². The van der Waals surface area contributed by atoms with Gasteiger partial charge in [0.05, 0.1) is 0 Å². The van der Waals surface area contributed by atoms with Gasteiger partial charge in [-0.1, -0.05) is 127 Å². The second kappa shape index (κ2) is 16.2. The maximum Gasteiger partial charge on any atom is 0.232 e. The molecule has 0 atom stereocenters. The predicted molar refractivity (Wildman–Crippen MR) is 220 cm³/mol. The van der Waals surface area contributed by atoms with Crippen LogP contribution in [0.1, 0.15) is 0 Å². The van der Waals surface area contributed by atoms with Gasteiger partial charge in [-0.3, -0.25) is 0 Å². The molecule has 7 aromatic carbocycles. The van der Waals surface area contributed by atoms with E-state index in [1.165, 1.54) is 0 Å². The first kappa shape index (κ1) is 33.6. The normalized spacial score (nSPS) is 11.2. The average Bonchev–Trinajstić information content (AvgIpc) is 3.20. The molecular formula is C45H43N7. The topological polar surface area (TPSA) is 84.2 Å². The summed E-state index contributed by atoms with van der Waals surface area (Å²) in [6, 6.07) is 71.9. The zero-order valence-electron chi connectivity index (χ0n) is 28.8. The van der Waals surface area contributed by atoms with Gasteiger partial charge in [0, 0.05) is 39.8 Å². The van der Waals surface area contributed by atoms with Crippen LogP contribution in [-0.4, -0.2) is 17.6 Å². The average molecular weight is 682 g/mol. The van der Waals surface area contributed by atoms with Gasteiger partial charge >= 0.3 is 0 Å². The molecule has 0 saturated heterocycles. The van der Waals surface area contributed by atoms with Crippen LogP contribution in [-0.2, 0) is 0 Å². The third kappa shape index (κ3) is 8.12. The predicted octanol–water partition coefficient (Wildman–Crippen LogP) is 10.4. The maximum atomic E-state index is 4.06. The van der Waals surface area contributed by atoms with Crippen LogP contribution < -0.4 is 37.2 Å². The van der Waals surface area contributed by atoms with Crippen LogP contribution >= 0.6 is 0 Å². The highest BCUT2D eigenvalue weighted by Gasteiger charge is 2.59. The molecule has 0 unspecified atom stereocenters. The Morgan fingerprint density at radius 2 is 0.462 bits per heavy atom. The van der Waals surface area contributed by atoms with Crippen LogP contribution in [0.4, 0.5) is 39.8 Å². The lowest BCUT2D eigenvalue weighted by atomic mass is 9.91. The summed E-state index contributed by atoms with van der Waals surface area (Å²) >= 11 is 0. The SMILES string of the molecule is c1ccc(NC(Nc2ccccc2)C(Nc2ccccc2)(Nc2ccccc2)C(Nc2ccccc2)(Nc2ccccc2)Nc2ccccc2)cc1. The summed E-state index contributed by atoms with van der Waals surface area (Å²) in [6.07, 6.45) is -0.596. The van der Waals surface area contributed by atoms with Gasteiger partial charge in [-0.2, -0.15) is 0 Å². The molecule has 0 heterocycles. The molecule has 0 amide bonds. The monoisotopic (exact) mass is 681 g/mol. The molecule has 0 saturated carbocycles. The van der Waals surface area contributed by atoms with Gasteiger partial charge in [-0.25, -0.2) is 0 Å². The number of para-hydroxylation sites is 7. The van der Waals surface area contributed by atoms with E-state index in [0.717, 1.165) is 39.8 Å². The number of nitrogens with one attached hydrogen (secondary N) is 7. The van der Waals surface area contributed by atoms with Crippen molar-refractivity contribution in [2.24, 2.45) is 0 Å². The van der Waals surface area contributed by atoms with E-state index in [2.05, 4.69) is 122 Å². The number of hydrogen-bond acceptors (Lipinski definition) is 7. The maximum absolute atomic E-state index is 4.06. The van der Waals surface area contributed by atoms with Crippen molar-refractivity contribution in [1.29, 1.82) is 0 Å². The second-order valence-corrected chi connectivity index (χ2v) is 12.5. The van der Waals surface area contributed by atoms with Crippen molar-refractivity contribution in [1.82, 2.24) is 0 Å². The van der Waals surface area contributed by atoms with Crippen LogP contribution in [0.15, 0.2) is 212 Å². The zero-order chi connectivity index (χ0) is 35.3. The van der Waals surface area contributed by atoms with Gasteiger partial charge in [0.15, 0.2) is 0 Å². The molecule has 7 aromatic rings. The molecule has 52 heavy (non-hydrogen) atoms. The second-order valence-electron chi connectivity index (χ2n) is 12.5. The Kier molecular flexibility index (Phi) is 10.5. The fourth-order valence-corrected chi connectivity index (χ4v) is 6.34. The minimum absolute atomic E-state index is 0.596. The summed E-state index contributed by atoms with van der Waals surface area (Å²) in [7, 11) is 0. The van der Waals surface area contributed by atoms with Crippen LogP contribution in [0.2, 0.25) is 0 Å². The molecule has 7 heteroatoms. The standard InChI is InChI=1S/C45H43N7/c1-8-22-36(23-9-1)46-43(47-37-24-10-2-11-25-37)44(48-38-26-12-3-13-27-38,49-39-28-14-4-15-29-39)45(50-40-30-16-5-17-31-40,51-41-32-18-6-19-33-41)52-42-34-20-7-21-35-42/h1-35,43,46-52H. The third-order valence-electron chi connectivity index (χ3n) is 8.74. The molecule has 7 rings (SSSR count). The third-order valence-corrected chi connectivity index (χ3v) is 8.74. The van der Waals surface area contributed by atoms with Gasteiger partial charge < -0.3 is 37.2 Å². The van der Waals surface area contributed by atoms with E-state index < -0.39 is 17.6 Å². The van der Waals surface area contributed by atoms with Crippen molar-refractivity contribution < 1.29 is 0 Å². The summed E-state index contributed by atoms with van der Waals surface area (Å²) in [4.78, 5) is 0. The lowest BCUT2D eigenvalue weighted by Gasteiger charge is -2.56. The van der Waals surface area contributed by atoms with Gasteiger partial charge in [-0.15, -0.1) is 0 Å². The van der Waals surface area contributed by atoms with Crippen molar-refractivity contribution in [3.63, 3.8) is 0 Å². The molecular weight excluding hydrogens is 639 g/mol. The van der Waals surface area contributed by atoms with Crippen LogP contribution in [0.25, 0.3) is 0 Å². The van der Waals surface area contributed by atoms with Crippen molar-refractivity contribution in [2.75, 3.05) is 37.2 Å². The fourth-order valence-electron chi connectivity index (χ4n) is 6.34. The molecule has 0 bridgehead atoms. The summed E-state index contributed by atoms with van der Waals surface area (Å²) in [5, 5.41) is 27.9. The van der Waals surface area contributed by atoms with Crippen molar-refractivity contribution in [3.8, 4) is 0 Å². The lowest BCUT2D eigenvalue weighted by molar-refractivity contribution is 0.340. The highest BCUT2D eigenvalue weighted by atomic mass is 15.5. The summed E-state index contributed by atoms with van der Waals surface area (Å²) in [5.41, 5.74) is 5.07. The highest BCUT2D eigenvalue weighted by Crippen LogP contribution is 2.39. The molecule has 0 aliphatic rings. The number of benzene rings is 7. The van der Waals surface area contributed by atoms with E-state index in [1.54, 1.807) is 0 Å². The Balaban J connectivity index is 1.56. The van der Waals surface area contributed by atoms with Crippen molar-refractivity contribution in [2.45, 2.75) is 17.6 Å². The van der Waals surface area contributed by atoms with Gasteiger partial charge in [0.25, 0.3) is 0 Å². The van der Waals surface area contributed by atoms with Crippen LogP contribution in [0.3, 0.4) is 0 Å². The molecule has 0 aliphatic heterocycles. The first-order chi connectivity index (χ1) is 25.7. The van der Waals surface area contributed by atoms with E-state index in [4.69, 9.17) is 0 Å². The largest absolute Gasteiger partial charge is 0.362 e. The van der Waals surface area contributed by atoms with E-state index in [0.29, 0.717) is 0 Å². The van der Waals surface area contributed by atoms with Crippen molar-refractivity contribution in [3.05, 3.63) is 212 Å². The van der Waals surface area contributed by atoms with E-state index in [9.17, 15) is 0 Å². The summed E-state index contributed by atoms with van der Waals surface area (Å²) in [5.74, 6) is -1.28. The Morgan fingerprint density at radius 1 is 0.250 bits per heavy atom. The highest BCUT2D eigenvalue weighted by molar-refractivity contribution is 5.69. The minimum Gasteiger partial charge on any atom is -0.362 e. The molecule has 258 valence electrons. The van der Waals surface area contributed by atoms with E-state index in [1.807, 2.05) is 127 Å². The van der Waals surface area contributed by atoms with Gasteiger partial charge in [-0.05, 0) is 84.9 Å². The smallest absolute Gasteiger partial charge is 0.232 e. The zero-order valence-corrected chi connectivity index (χ0v) is 28.8. The van der Waals surface area contributed by atoms with Crippen molar-refractivity contribution >= 4 is 39.8 Å². The quantitative estimate of drug-likeness (QED) is 0.0511. The Morgan fingerprint density at radius 3 is 0.712 bits per heavy atom. The first-order valence-electron chi connectivity index (χ1n) is 17.5. The number of rotatable bonds is 16. The summed E-state index contributed by atoms with van der Waals surface area (Å²) < 4.78 is 0. The number of anilines is 7. The molecule has 7 nitrogen and oxygen atoms in total. The molecule has 0 spiro atoms. The minimum atomic E-state index is -1.28. The van der Waals surface area contributed by atoms with Crippen LogP contribution in [0, 0.1) is 0 Å². The molecule has 0 aliphatic carbocycles. The fraction of sp³-hybridized carbons (Fsp3) is 0.0667. The Hall–Kier alpha value is -6.86. The van der Waals surface area contributed by atoms with Gasteiger partial charge in [0.2, 0.25) is 11.4 Å². The van der Waals surface area contributed by atoms with E-state index in [-0.39, 0.29) is 0 Å². The summed E-state index contributed by atoms with van der Waals surface area (Å²) in [6.45, 7) is 0. The molecule has 0 fully saturated rings. The lowest BCUT2D eigenvalue weighted by Crippen LogP contribution is -2.81. The molecule has 0 radical (unpaired) electrons. The molecule has 7 N–H and O–H groups in total. The van der Waals surface area contributed by atoms with E-state index >= 15 is 0 Å². The molecule has 0 aromatic heterocycles. The first-order valence-corrected chi connectivity index (χ1v) is 17.5. The number of hydrogen-bond donors (Lipinski definition) is 7. The Bertz CT molecular complexity index is 1870. The Labute approximate surface area is 306 Å². The van der Waals surface area contributed by atoms with Crippen LogP contribution in [0.5, 0.6) is 0 Å².